The summed E-state index contributed by atoms with van der Waals surface area (Å²) in [6.45, 7) is 0. The van der Waals surface area contributed by atoms with E-state index in [9.17, 15) is 14.4 Å². The predicted molar refractivity (Wildman–Crippen MR) is 48.1 cm³/mol. The van der Waals surface area contributed by atoms with Crippen LogP contribution in [0.2, 0.25) is 0 Å². The van der Waals surface area contributed by atoms with Gasteiger partial charge < -0.3 is 10.2 Å². The third-order valence-electron chi connectivity index (χ3n) is 1.65. The Morgan fingerprint density at radius 1 is 1.13 bits per heavy atom. The summed E-state index contributed by atoms with van der Waals surface area (Å²) in [4.78, 5) is 34.5. The Bertz CT molecular complexity index is 441. The lowest BCUT2D eigenvalue weighted by Gasteiger charge is -2.02. The van der Waals surface area contributed by atoms with Crippen molar-refractivity contribution in [1.29, 1.82) is 0 Å². The lowest BCUT2D eigenvalue weighted by molar-refractivity contribution is 0.0696. The maximum atomic E-state index is 10.7. The molecule has 76 valence electrons. The largest absolute Gasteiger partial charge is 0.478 e. The molecule has 0 heterocycles. The third kappa shape index (κ3) is 2.07. The highest BCUT2D eigenvalue weighted by Gasteiger charge is 2.17. The van der Waals surface area contributed by atoms with Crippen molar-refractivity contribution in [3.63, 3.8) is 0 Å². The SMILES string of the molecule is O=C=Nc1c(C(=O)O)cccc1C(=O)O. The first-order valence-corrected chi connectivity index (χ1v) is 3.75. The van der Waals surface area contributed by atoms with Gasteiger partial charge in [-0.05, 0) is 12.1 Å². The number of benzene rings is 1. The molecule has 0 aliphatic heterocycles. The molecule has 0 amide bonds. The number of hydrogen-bond donors (Lipinski definition) is 2. The molecular formula is C9H5NO5. The van der Waals surface area contributed by atoms with Gasteiger partial charge in [-0.15, -0.1) is 0 Å². The van der Waals surface area contributed by atoms with Gasteiger partial charge in [0.2, 0.25) is 6.08 Å². The van der Waals surface area contributed by atoms with Crippen LogP contribution in [0.1, 0.15) is 20.7 Å². The maximum absolute atomic E-state index is 10.7. The normalized spacial score (nSPS) is 9.07. The second-order valence-electron chi connectivity index (χ2n) is 2.52. The molecule has 6 heteroatoms. The minimum Gasteiger partial charge on any atom is -0.478 e. The zero-order valence-corrected chi connectivity index (χ0v) is 7.30. The number of nitrogens with zero attached hydrogens (tertiary/aromatic N) is 1. The van der Waals surface area contributed by atoms with Crippen LogP contribution in [-0.4, -0.2) is 28.2 Å². The van der Waals surface area contributed by atoms with Crippen molar-refractivity contribution in [2.45, 2.75) is 0 Å². The van der Waals surface area contributed by atoms with E-state index in [0.717, 1.165) is 18.2 Å². The fraction of sp³-hybridized carbons (Fsp3) is 0. The fourth-order valence-corrected chi connectivity index (χ4v) is 1.05. The Hall–Kier alpha value is -2.46. The van der Waals surface area contributed by atoms with Gasteiger partial charge >= 0.3 is 11.9 Å². The first-order valence-electron chi connectivity index (χ1n) is 3.75. The second kappa shape index (κ2) is 4.17. The zero-order chi connectivity index (χ0) is 11.4. The highest BCUT2D eigenvalue weighted by Crippen LogP contribution is 2.24. The lowest BCUT2D eigenvalue weighted by atomic mass is 10.1. The number of isocyanates is 1. The van der Waals surface area contributed by atoms with Crippen LogP contribution in [0.15, 0.2) is 23.2 Å². The summed E-state index contributed by atoms with van der Waals surface area (Å²) < 4.78 is 0. The van der Waals surface area contributed by atoms with Crippen molar-refractivity contribution in [2.75, 3.05) is 0 Å². The van der Waals surface area contributed by atoms with Gasteiger partial charge in [0.15, 0.2) is 0 Å². The minimum absolute atomic E-state index is 0.349. The van der Waals surface area contributed by atoms with Gasteiger partial charge in [-0.3, -0.25) is 0 Å². The zero-order valence-electron chi connectivity index (χ0n) is 7.30. The van der Waals surface area contributed by atoms with Gasteiger partial charge in [0.05, 0.1) is 11.1 Å². The van der Waals surface area contributed by atoms with Crippen molar-refractivity contribution in [3.8, 4) is 0 Å². The quantitative estimate of drug-likeness (QED) is 0.569. The summed E-state index contributed by atoms with van der Waals surface area (Å²) in [5.74, 6) is -2.71. The molecule has 0 saturated heterocycles. The topological polar surface area (TPSA) is 104 Å². The molecule has 0 aliphatic rings. The number of carboxylic acid groups (broad SMARTS) is 2. The molecule has 0 unspecified atom stereocenters. The van der Waals surface area contributed by atoms with E-state index in [2.05, 4.69) is 4.99 Å². The van der Waals surface area contributed by atoms with Crippen LogP contribution < -0.4 is 0 Å². The number of hydrogen-bond acceptors (Lipinski definition) is 4. The van der Waals surface area contributed by atoms with Gasteiger partial charge in [0.1, 0.15) is 5.69 Å². The molecular weight excluding hydrogens is 202 g/mol. The van der Waals surface area contributed by atoms with Crippen LogP contribution >= 0.6 is 0 Å². The van der Waals surface area contributed by atoms with Gasteiger partial charge in [-0.1, -0.05) is 6.07 Å². The van der Waals surface area contributed by atoms with Crippen LogP contribution in [0.3, 0.4) is 0 Å². The smallest absolute Gasteiger partial charge is 0.337 e. The Kier molecular flexibility index (Phi) is 2.95. The Morgan fingerprint density at radius 2 is 1.60 bits per heavy atom. The van der Waals surface area contributed by atoms with E-state index in [0.29, 0.717) is 0 Å². The summed E-state index contributed by atoms with van der Waals surface area (Å²) in [6, 6.07) is 3.58. The standard InChI is InChI=1S/C9H5NO5/c11-4-10-7-5(8(12)13)2-1-3-6(7)9(14)15/h1-3H,(H,12,13)(H,14,15). The first-order chi connectivity index (χ1) is 7.07. The lowest BCUT2D eigenvalue weighted by Crippen LogP contribution is -2.03. The molecule has 0 bridgehead atoms. The number of aromatic carboxylic acids is 2. The van der Waals surface area contributed by atoms with Crippen molar-refractivity contribution in [3.05, 3.63) is 29.3 Å². The van der Waals surface area contributed by atoms with Crippen LogP contribution in [0.25, 0.3) is 0 Å². The molecule has 1 aromatic rings. The van der Waals surface area contributed by atoms with Crippen molar-refractivity contribution in [2.24, 2.45) is 4.99 Å². The van der Waals surface area contributed by atoms with E-state index >= 15 is 0 Å². The van der Waals surface area contributed by atoms with E-state index in [-0.39, 0.29) is 11.1 Å². The average molecular weight is 207 g/mol. The van der Waals surface area contributed by atoms with Crippen LogP contribution in [0, 0.1) is 0 Å². The van der Waals surface area contributed by atoms with Gasteiger partial charge in [0.25, 0.3) is 0 Å². The van der Waals surface area contributed by atoms with E-state index in [1.54, 1.807) is 0 Å². The summed E-state index contributed by atoms with van der Waals surface area (Å²) >= 11 is 0. The van der Waals surface area contributed by atoms with E-state index in [1.807, 2.05) is 0 Å². The van der Waals surface area contributed by atoms with Crippen molar-refractivity contribution in [1.82, 2.24) is 0 Å². The number of carbonyl (C=O) groups is 2. The molecule has 1 aromatic carbocycles. The summed E-state index contributed by atoms with van der Waals surface area (Å²) in [5.41, 5.74) is -1.09. The minimum atomic E-state index is -1.35. The Morgan fingerprint density at radius 3 is 1.93 bits per heavy atom. The summed E-state index contributed by atoms with van der Waals surface area (Å²) in [6.07, 6.45) is 1.12. The molecule has 6 nitrogen and oxygen atoms in total. The molecule has 15 heavy (non-hydrogen) atoms. The molecule has 0 saturated carbocycles. The van der Waals surface area contributed by atoms with E-state index in [1.165, 1.54) is 6.07 Å². The number of rotatable bonds is 3. The highest BCUT2D eigenvalue weighted by atomic mass is 16.4. The molecule has 0 spiro atoms. The number of para-hydroxylation sites is 1. The molecule has 1 rings (SSSR count). The summed E-state index contributed by atoms with van der Waals surface area (Å²) in [7, 11) is 0. The molecule has 0 fully saturated rings. The summed E-state index contributed by atoms with van der Waals surface area (Å²) in [5, 5.41) is 17.4. The van der Waals surface area contributed by atoms with Crippen molar-refractivity contribution < 1.29 is 24.6 Å². The van der Waals surface area contributed by atoms with Crippen LogP contribution in [-0.2, 0) is 4.79 Å². The van der Waals surface area contributed by atoms with Gasteiger partial charge in [0, 0.05) is 0 Å². The van der Waals surface area contributed by atoms with Gasteiger partial charge in [-0.25, -0.2) is 14.4 Å². The Labute approximate surface area is 83.5 Å². The highest BCUT2D eigenvalue weighted by molar-refractivity contribution is 6.02. The van der Waals surface area contributed by atoms with Crippen LogP contribution in [0.4, 0.5) is 5.69 Å². The molecule has 2 N–H and O–H groups in total. The molecule has 0 atom stereocenters. The molecule has 0 aliphatic carbocycles. The van der Waals surface area contributed by atoms with E-state index < -0.39 is 17.6 Å². The maximum Gasteiger partial charge on any atom is 0.337 e. The average Bonchev–Trinajstić information content (AvgIpc) is 2.17. The second-order valence-corrected chi connectivity index (χ2v) is 2.52. The molecule has 0 radical (unpaired) electrons. The number of carbonyl (C=O) groups excluding carboxylic acids is 1. The monoisotopic (exact) mass is 207 g/mol. The molecule has 0 aromatic heterocycles. The Balaban J connectivity index is 3.55. The first kappa shape index (κ1) is 10.6. The van der Waals surface area contributed by atoms with E-state index in [4.69, 9.17) is 10.2 Å². The predicted octanol–water partition coefficient (Wildman–Crippen LogP) is 1.05. The number of carboxylic acids is 2. The third-order valence-corrected chi connectivity index (χ3v) is 1.65. The van der Waals surface area contributed by atoms with Crippen molar-refractivity contribution >= 4 is 23.7 Å². The fourth-order valence-electron chi connectivity index (χ4n) is 1.05. The van der Waals surface area contributed by atoms with Gasteiger partial charge in [-0.2, -0.15) is 4.99 Å². The van der Waals surface area contributed by atoms with Crippen LogP contribution in [0.5, 0.6) is 0 Å². The number of aliphatic imine (C=N–C) groups is 1.